The van der Waals surface area contributed by atoms with Gasteiger partial charge in [0.25, 0.3) is 0 Å². The van der Waals surface area contributed by atoms with Crippen molar-refractivity contribution in [2.24, 2.45) is 5.73 Å². The van der Waals surface area contributed by atoms with Crippen molar-refractivity contribution in [3.8, 4) is 5.75 Å². The molecule has 0 aliphatic heterocycles. The van der Waals surface area contributed by atoms with Crippen molar-refractivity contribution < 1.29 is 4.74 Å². The summed E-state index contributed by atoms with van der Waals surface area (Å²) < 4.78 is 5.27. The molecule has 1 heterocycles. The summed E-state index contributed by atoms with van der Waals surface area (Å²) in [6.07, 6.45) is 4.48. The zero-order valence-electron chi connectivity index (χ0n) is 10.2. The first kappa shape index (κ1) is 12.9. The first-order chi connectivity index (χ1) is 7.69. The maximum Gasteiger partial charge on any atom is 0.141 e. The molecule has 16 heavy (non-hydrogen) atoms. The smallest absolute Gasteiger partial charge is 0.141 e. The Morgan fingerprint density at radius 2 is 2.31 bits per heavy atom. The molecule has 2 atom stereocenters. The van der Waals surface area contributed by atoms with Crippen LogP contribution in [-0.4, -0.2) is 24.7 Å². The van der Waals surface area contributed by atoms with Gasteiger partial charge in [0.1, 0.15) is 5.75 Å². The topological polar surface area (TPSA) is 60.2 Å². The molecule has 0 bridgehead atoms. The van der Waals surface area contributed by atoms with E-state index in [0.29, 0.717) is 0 Å². The number of ether oxygens (including phenoxy) is 1. The van der Waals surface area contributed by atoms with E-state index >= 15 is 0 Å². The summed E-state index contributed by atoms with van der Waals surface area (Å²) in [7, 11) is 1.66. The van der Waals surface area contributed by atoms with Crippen LogP contribution in [0.1, 0.15) is 31.9 Å². The molecule has 4 heteroatoms. The van der Waals surface area contributed by atoms with Crippen LogP contribution < -0.4 is 15.8 Å². The molecule has 1 aromatic heterocycles. The summed E-state index contributed by atoms with van der Waals surface area (Å²) in [4.78, 5) is 4.03. The SMILES string of the molecule is CCC(N)CNC(C)c1ccncc1OC. The van der Waals surface area contributed by atoms with Gasteiger partial charge in [0.2, 0.25) is 0 Å². The molecular formula is C12H21N3O. The highest BCUT2D eigenvalue weighted by Crippen LogP contribution is 2.22. The van der Waals surface area contributed by atoms with E-state index in [2.05, 4.69) is 24.1 Å². The third-order valence-corrected chi connectivity index (χ3v) is 2.71. The zero-order chi connectivity index (χ0) is 12.0. The van der Waals surface area contributed by atoms with Crippen molar-refractivity contribution in [3.05, 3.63) is 24.0 Å². The third kappa shape index (κ3) is 3.47. The maximum absolute atomic E-state index is 5.86. The molecule has 1 rings (SSSR count). The highest BCUT2D eigenvalue weighted by molar-refractivity contribution is 5.32. The van der Waals surface area contributed by atoms with Crippen LogP contribution in [0.2, 0.25) is 0 Å². The van der Waals surface area contributed by atoms with Crippen LogP contribution in [0.5, 0.6) is 5.75 Å². The normalized spacial score (nSPS) is 14.5. The Morgan fingerprint density at radius 1 is 1.56 bits per heavy atom. The van der Waals surface area contributed by atoms with Crippen LogP contribution in [0.3, 0.4) is 0 Å². The van der Waals surface area contributed by atoms with Crippen molar-refractivity contribution in [3.63, 3.8) is 0 Å². The lowest BCUT2D eigenvalue weighted by Gasteiger charge is -2.18. The lowest BCUT2D eigenvalue weighted by Crippen LogP contribution is -2.34. The molecule has 2 unspecified atom stereocenters. The number of hydrogen-bond donors (Lipinski definition) is 2. The van der Waals surface area contributed by atoms with Crippen LogP contribution in [0.15, 0.2) is 18.5 Å². The molecule has 0 spiro atoms. The maximum atomic E-state index is 5.86. The van der Waals surface area contributed by atoms with Gasteiger partial charge in [0.05, 0.1) is 13.3 Å². The van der Waals surface area contributed by atoms with E-state index in [9.17, 15) is 0 Å². The van der Waals surface area contributed by atoms with Gasteiger partial charge in [-0.15, -0.1) is 0 Å². The Bertz CT molecular complexity index is 317. The molecule has 0 amide bonds. The molecule has 0 saturated carbocycles. The van der Waals surface area contributed by atoms with Crippen LogP contribution in [0, 0.1) is 0 Å². The van der Waals surface area contributed by atoms with Gasteiger partial charge in [0, 0.05) is 30.4 Å². The molecule has 0 fully saturated rings. The minimum absolute atomic E-state index is 0.204. The summed E-state index contributed by atoms with van der Waals surface area (Å²) in [5, 5.41) is 3.39. The number of nitrogens with two attached hydrogens (primary N) is 1. The van der Waals surface area contributed by atoms with Gasteiger partial charge in [-0.1, -0.05) is 6.92 Å². The lowest BCUT2D eigenvalue weighted by atomic mass is 10.1. The summed E-state index contributed by atoms with van der Waals surface area (Å²) in [6.45, 7) is 4.99. The second kappa shape index (κ2) is 6.45. The van der Waals surface area contributed by atoms with Gasteiger partial charge in [-0.2, -0.15) is 0 Å². The quantitative estimate of drug-likeness (QED) is 0.767. The summed E-state index contributed by atoms with van der Waals surface area (Å²) in [5.74, 6) is 0.813. The van der Waals surface area contributed by atoms with Gasteiger partial charge in [-0.05, 0) is 19.4 Å². The van der Waals surface area contributed by atoms with Gasteiger partial charge in [-0.25, -0.2) is 0 Å². The predicted molar refractivity (Wildman–Crippen MR) is 65.5 cm³/mol. The molecule has 1 aromatic rings. The van der Waals surface area contributed by atoms with Gasteiger partial charge in [0.15, 0.2) is 0 Å². The van der Waals surface area contributed by atoms with E-state index in [1.54, 1.807) is 19.5 Å². The summed E-state index contributed by atoms with van der Waals surface area (Å²) in [5.41, 5.74) is 6.98. The lowest BCUT2D eigenvalue weighted by molar-refractivity contribution is 0.397. The molecule has 0 radical (unpaired) electrons. The van der Waals surface area contributed by atoms with Crippen LogP contribution in [0.25, 0.3) is 0 Å². The van der Waals surface area contributed by atoms with E-state index in [4.69, 9.17) is 10.5 Å². The molecular weight excluding hydrogens is 202 g/mol. The van der Waals surface area contributed by atoms with E-state index in [-0.39, 0.29) is 12.1 Å². The highest BCUT2D eigenvalue weighted by Gasteiger charge is 2.11. The van der Waals surface area contributed by atoms with Crippen molar-refractivity contribution in [1.29, 1.82) is 0 Å². The molecule has 0 aromatic carbocycles. The molecule has 4 nitrogen and oxygen atoms in total. The zero-order valence-corrected chi connectivity index (χ0v) is 10.2. The monoisotopic (exact) mass is 223 g/mol. The van der Waals surface area contributed by atoms with E-state index < -0.39 is 0 Å². The van der Waals surface area contributed by atoms with Gasteiger partial charge >= 0.3 is 0 Å². The highest BCUT2D eigenvalue weighted by atomic mass is 16.5. The third-order valence-electron chi connectivity index (χ3n) is 2.71. The standard InChI is InChI=1S/C12H21N3O/c1-4-10(13)7-15-9(2)11-5-6-14-8-12(11)16-3/h5-6,8-10,15H,4,7,13H2,1-3H3. The number of rotatable bonds is 6. The number of aromatic nitrogens is 1. The Kier molecular flexibility index (Phi) is 5.22. The Balaban J connectivity index is 2.61. The van der Waals surface area contributed by atoms with E-state index in [0.717, 1.165) is 24.3 Å². The van der Waals surface area contributed by atoms with Gasteiger partial charge in [-0.3, -0.25) is 4.98 Å². The minimum atomic E-state index is 0.204. The number of nitrogens with zero attached hydrogens (tertiary/aromatic N) is 1. The molecule has 90 valence electrons. The first-order valence-corrected chi connectivity index (χ1v) is 5.65. The summed E-state index contributed by atoms with van der Waals surface area (Å²) >= 11 is 0. The Labute approximate surface area is 97.2 Å². The number of methoxy groups -OCH3 is 1. The number of hydrogen-bond acceptors (Lipinski definition) is 4. The molecule has 0 aliphatic rings. The van der Waals surface area contributed by atoms with Crippen molar-refractivity contribution in [2.75, 3.05) is 13.7 Å². The van der Waals surface area contributed by atoms with Crippen LogP contribution >= 0.6 is 0 Å². The fourth-order valence-corrected chi connectivity index (χ4v) is 1.50. The Hall–Kier alpha value is -1.13. The average molecular weight is 223 g/mol. The average Bonchev–Trinajstić information content (AvgIpc) is 2.35. The largest absolute Gasteiger partial charge is 0.495 e. The second-order valence-corrected chi connectivity index (χ2v) is 3.92. The van der Waals surface area contributed by atoms with Crippen LogP contribution in [-0.2, 0) is 0 Å². The second-order valence-electron chi connectivity index (χ2n) is 3.92. The fourth-order valence-electron chi connectivity index (χ4n) is 1.50. The summed E-state index contributed by atoms with van der Waals surface area (Å²) in [6, 6.07) is 2.39. The van der Waals surface area contributed by atoms with Crippen molar-refractivity contribution >= 4 is 0 Å². The number of nitrogens with one attached hydrogen (secondary N) is 1. The Morgan fingerprint density at radius 3 is 2.94 bits per heavy atom. The number of pyridine rings is 1. The predicted octanol–water partition coefficient (Wildman–Crippen LogP) is 1.48. The van der Waals surface area contributed by atoms with Crippen molar-refractivity contribution in [2.45, 2.75) is 32.4 Å². The molecule has 3 N–H and O–H groups in total. The fraction of sp³-hybridized carbons (Fsp3) is 0.583. The van der Waals surface area contributed by atoms with E-state index in [1.807, 2.05) is 6.07 Å². The van der Waals surface area contributed by atoms with Crippen LogP contribution in [0.4, 0.5) is 0 Å². The van der Waals surface area contributed by atoms with Crippen molar-refractivity contribution in [1.82, 2.24) is 10.3 Å². The molecule has 0 saturated heterocycles. The minimum Gasteiger partial charge on any atom is -0.495 e. The first-order valence-electron chi connectivity index (χ1n) is 5.65. The van der Waals surface area contributed by atoms with E-state index in [1.165, 1.54) is 0 Å². The van der Waals surface area contributed by atoms with Gasteiger partial charge < -0.3 is 15.8 Å². The molecule has 0 aliphatic carbocycles.